The van der Waals surface area contributed by atoms with Crippen LogP contribution < -0.4 is 11.5 Å². The van der Waals surface area contributed by atoms with E-state index < -0.39 is 5.91 Å². The summed E-state index contributed by atoms with van der Waals surface area (Å²) in [6.07, 6.45) is 3.53. The normalized spacial score (nSPS) is 10.4. The lowest BCUT2D eigenvalue weighted by Gasteiger charge is -2.07. The van der Waals surface area contributed by atoms with Crippen molar-refractivity contribution in [3.8, 4) is 0 Å². The Labute approximate surface area is 103 Å². The van der Waals surface area contributed by atoms with Crippen LogP contribution in [0.1, 0.15) is 10.4 Å². The van der Waals surface area contributed by atoms with Gasteiger partial charge in [-0.1, -0.05) is 11.8 Å². The molecular weight excluding hydrogens is 236 g/mol. The van der Waals surface area contributed by atoms with E-state index >= 15 is 0 Å². The van der Waals surface area contributed by atoms with Crippen LogP contribution in [0, 0.1) is 0 Å². The Hall–Kier alpha value is -1.95. The van der Waals surface area contributed by atoms with Crippen LogP contribution in [0.3, 0.4) is 0 Å². The van der Waals surface area contributed by atoms with Gasteiger partial charge in [-0.25, -0.2) is 4.98 Å². The van der Waals surface area contributed by atoms with Gasteiger partial charge in [0, 0.05) is 30.0 Å². The van der Waals surface area contributed by atoms with Gasteiger partial charge in [-0.15, -0.1) is 0 Å². The summed E-state index contributed by atoms with van der Waals surface area (Å²) in [5.74, 6) is -0.492. The van der Waals surface area contributed by atoms with E-state index in [0.29, 0.717) is 11.3 Å². The van der Waals surface area contributed by atoms with Crippen LogP contribution in [0.15, 0.2) is 40.6 Å². The van der Waals surface area contributed by atoms with Crippen molar-refractivity contribution in [3.63, 3.8) is 0 Å². The van der Waals surface area contributed by atoms with Gasteiger partial charge in [-0.2, -0.15) is 0 Å². The van der Waals surface area contributed by atoms with Gasteiger partial charge < -0.3 is 16.0 Å². The molecule has 2 rings (SSSR count). The number of nitrogen functional groups attached to an aromatic ring is 1. The highest BCUT2D eigenvalue weighted by atomic mass is 32.2. The molecular formula is C11H12N4OS. The number of primary amides is 1. The lowest BCUT2D eigenvalue weighted by atomic mass is 10.2. The van der Waals surface area contributed by atoms with Crippen LogP contribution in [0.4, 0.5) is 5.69 Å². The molecule has 1 amide bonds. The van der Waals surface area contributed by atoms with Gasteiger partial charge in [0.1, 0.15) is 0 Å². The first kappa shape index (κ1) is 11.5. The molecule has 0 saturated heterocycles. The highest BCUT2D eigenvalue weighted by Gasteiger charge is 2.11. The van der Waals surface area contributed by atoms with Gasteiger partial charge in [0.25, 0.3) is 0 Å². The van der Waals surface area contributed by atoms with E-state index in [0.717, 1.165) is 10.1 Å². The number of amides is 1. The minimum Gasteiger partial charge on any atom is -0.399 e. The summed E-state index contributed by atoms with van der Waals surface area (Å²) >= 11 is 1.38. The van der Waals surface area contributed by atoms with Gasteiger partial charge in [-0.3, -0.25) is 4.79 Å². The molecule has 0 spiro atoms. The SMILES string of the molecule is Cn1ccnc1Sc1ccc(N)cc1C(N)=O. The molecule has 2 aromatic rings. The summed E-state index contributed by atoms with van der Waals surface area (Å²) in [7, 11) is 1.89. The van der Waals surface area contributed by atoms with Crippen LogP contribution in [-0.2, 0) is 7.05 Å². The maximum atomic E-state index is 11.3. The second kappa shape index (κ2) is 4.50. The molecule has 4 N–H and O–H groups in total. The molecule has 0 aliphatic carbocycles. The van der Waals surface area contributed by atoms with E-state index in [-0.39, 0.29) is 0 Å². The number of benzene rings is 1. The topological polar surface area (TPSA) is 86.9 Å². The molecule has 0 aliphatic rings. The molecule has 0 aliphatic heterocycles. The van der Waals surface area contributed by atoms with Gasteiger partial charge in [0.2, 0.25) is 5.91 Å². The summed E-state index contributed by atoms with van der Waals surface area (Å²) < 4.78 is 1.87. The van der Waals surface area contributed by atoms with Crippen molar-refractivity contribution in [2.45, 2.75) is 10.1 Å². The van der Waals surface area contributed by atoms with Crippen LogP contribution in [0.2, 0.25) is 0 Å². The van der Waals surface area contributed by atoms with Crippen molar-refractivity contribution in [2.24, 2.45) is 12.8 Å². The standard InChI is InChI=1S/C11H12N4OS/c1-15-5-4-14-11(15)17-9-3-2-7(12)6-8(9)10(13)16/h2-6H,12H2,1H3,(H2,13,16). The Morgan fingerprint density at radius 2 is 2.24 bits per heavy atom. The lowest BCUT2D eigenvalue weighted by molar-refractivity contribution is 0.0997. The molecule has 0 atom stereocenters. The number of hydrogen-bond donors (Lipinski definition) is 2. The molecule has 1 heterocycles. The zero-order valence-electron chi connectivity index (χ0n) is 9.25. The third-order valence-electron chi connectivity index (χ3n) is 2.25. The highest BCUT2D eigenvalue weighted by molar-refractivity contribution is 7.99. The molecule has 17 heavy (non-hydrogen) atoms. The van der Waals surface area contributed by atoms with Crippen LogP contribution in [0.25, 0.3) is 0 Å². The number of aromatic nitrogens is 2. The van der Waals surface area contributed by atoms with Gasteiger partial charge in [-0.05, 0) is 18.2 Å². The molecule has 5 nitrogen and oxygen atoms in total. The Kier molecular flexibility index (Phi) is 3.06. The molecule has 88 valence electrons. The fourth-order valence-electron chi connectivity index (χ4n) is 1.38. The fraction of sp³-hybridized carbons (Fsp3) is 0.0909. The largest absolute Gasteiger partial charge is 0.399 e. The second-order valence-electron chi connectivity index (χ2n) is 3.54. The van der Waals surface area contributed by atoms with E-state index in [9.17, 15) is 4.79 Å². The summed E-state index contributed by atoms with van der Waals surface area (Å²) in [4.78, 5) is 16.2. The van der Waals surface area contributed by atoms with Crippen LogP contribution in [-0.4, -0.2) is 15.5 Å². The van der Waals surface area contributed by atoms with E-state index in [2.05, 4.69) is 4.98 Å². The molecule has 1 aromatic heterocycles. The maximum absolute atomic E-state index is 11.3. The second-order valence-corrected chi connectivity index (χ2v) is 4.55. The average Bonchev–Trinajstić information content (AvgIpc) is 2.67. The first-order valence-electron chi connectivity index (χ1n) is 4.92. The molecule has 0 saturated carbocycles. The monoisotopic (exact) mass is 248 g/mol. The average molecular weight is 248 g/mol. The smallest absolute Gasteiger partial charge is 0.249 e. The van der Waals surface area contributed by atoms with Crippen molar-refractivity contribution in [1.29, 1.82) is 0 Å². The Balaban J connectivity index is 2.39. The van der Waals surface area contributed by atoms with E-state index in [1.165, 1.54) is 11.8 Å². The number of aryl methyl sites for hydroxylation is 1. The Morgan fingerprint density at radius 1 is 1.47 bits per heavy atom. The summed E-state index contributed by atoms with van der Waals surface area (Å²) in [6.45, 7) is 0. The quantitative estimate of drug-likeness (QED) is 0.800. The number of carbonyl (C=O) groups is 1. The third-order valence-corrected chi connectivity index (χ3v) is 3.40. The first-order chi connectivity index (χ1) is 8.08. The number of anilines is 1. The summed E-state index contributed by atoms with van der Waals surface area (Å²) in [6, 6.07) is 5.08. The number of nitrogens with two attached hydrogens (primary N) is 2. The molecule has 0 fully saturated rings. The van der Waals surface area contributed by atoms with Crippen molar-refractivity contribution in [3.05, 3.63) is 36.2 Å². The van der Waals surface area contributed by atoms with Crippen molar-refractivity contribution in [1.82, 2.24) is 9.55 Å². The molecule has 0 unspecified atom stereocenters. The summed E-state index contributed by atoms with van der Waals surface area (Å²) in [5.41, 5.74) is 11.9. The predicted octanol–water partition coefficient (Wildman–Crippen LogP) is 1.25. The lowest BCUT2D eigenvalue weighted by Crippen LogP contribution is -2.12. The number of carbonyl (C=O) groups excluding carboxylic acids is 1. The predicted molar refractivity (Wildman–Crippen MR) is 66.7 cm³/mol. The zero-order valence-corrected chi connectivity index (χ0v) is 10.1. The molecule has 1 aromatic carbocycles. The van der Waals surface area contributed by atoms with E-state index in [4.69, 9.17) is 11.5 Å². The van der Waals surface area contributed by atoms with Crippen molar-refractivity contribution < 1.29 is 4.79 Å². The number of nitrogens with zero attached hydrogens (tertiary/aromatic N) is 2. The number of rotatable bonds is 3. The minimum atomic E-state index is -0.492. The molecule has 0 radical (unpaired) electrons. The maximum Gasteiger partial charge on any atom is 0.249 e. The Morgan fingerprint density at radius 3 is 2.82 bits per heavy atom. The number of hydrogen-bond acceptors (Lipinski definition) is 4. The van der Waals surface area contributed by atoms with Crippen LogP contribution in [0.5, 0.6) is 0 Å². The third kappa shape index (κ3) is 2.42. The van der Waals surface area contributed by atoms with Gasteiger partial charge >= 0.3 is 0 Å². The van der Waals surface area contributed by atoms with Crippen LogP contribution >= 0.6 is 11.8 Å². The van der Waals surface area contributed by atoms with Crippen molar-refractivity contribution >= 4 is 23.4 Å². The van der Waals surface area contributed by atoms with Gasteiger partial charge in [0.05, 0.1) is 5.56 Å². The Bertz CT molecular complexity index is 564. The van der Waals surface area contributed by atoms with E-state index in [1.54, 1.807) is 24.4 Å². The molecule has 6 heteroatoms. The zero-order chi connectivity index (χ0) is 12.4. The number of imidazole rings is 1. The molecule has 0 bridgehead atoms. The van der Waals surface area contributed by atoms with Crippen molar-refractivity contribution in [2.75, 3.05) is 5.73 Å². The van der Waals surface area contributed by atoms with Gasteiger partial charge in [0.15, 0.2) is 5.16 Å². The highest BCUT2D eigenvalue weighted by Crippen LogP contribution is 2.29. The first-order valence-corrected chi connectivity index (χ1v) is 5.74. The fourth-order valence-corrected chi connectivity index (χ4v) is 2.30. The van der Waals surface area contributed by atoms with E-state index in [1.807, 2.05) is 17.8 Å². The minimum absolute atomic E-state index is 0.415. The summed E-state index contributed by atoms with van der Waals surface area (Å²) in [5, 5.41) is 0.789.